The summed E-state index contributed by atoms with van der Waals surface area (Å²) in [4.78, 5) is 20.2. The Labute approximate surface area is 220 Å². The van der Waals surface area contributed by atoms with Gasteiger partial charge in [0.1, 0.15) is 23.0 Å². The van der Waals surface area contributed by atoms with Gasteiger partial charge in [0.25, 0.3) is 11.4 Å². The number of hydrogen-bond acceptors (Lipinski definition) is 6. The predicted octanol–water partition coefficient (Wildman–Crippen LogP) is 8.79. The first-order chi connectivity index (χ1) is 18.7. The van der Waals surface area contributed by atoms with E-state index in [-0.39, 0.29) is 34.4 Å². The Morgan fingerprint density at radius 3 is 1.07 bits per heavy atom. The summed E-state index contributed by atoms with van der Waals surface area (Å²) in [6, 6.07) is 13.7. The molecule has 0 saturated heterocycles. The van der Waals surface area contributed by atoms with E-state index < -0.39 is 44.5 Å². The number of benzene rings is 4. The van der Waals surface area contributed by atoms with E-state index in [4.69, 9.17) is 9.47 Å². The first kappa shape index (κ1) is 27.9. The highest BCUT2D eigenvalue weighted by Gasteiger charge is 2.39. The highest BCUT2D eigenvalue weighted by atomic mass is 19.4. The van der Waals surface area contributed by atoms with Gasteiger partial charge < -0.3 is 9.47 Å². The van der Waals surface area contributed by atoms with E-state index in [1.165, 1.54) is 0 Å². The third-order valence-corrected chi connectivity index (χ3v) is 5.45. The monoisotopic (exact) mass is 564 g/mol. The number of non-ortho nitro benzene ring substituents is 2. The molecule has 8 nitrogen and oxygen atoms in total. The molecule has 0 heterocycles. The lowest BCUT2D eigenvalue weighted by Gasteiger charge is -2.19. The molecule has 206 valence electrons. The van der Waals surface area contributed by atoms with E-state index >= 15 is 0 Å². The number of alkyl halides is 6. The van der Waals surface area contributed by atoms with Crippen LogP contribution in [0.25, 0.3) is 11.1 Å². The van der Waals surface area contributed by atoms with Crippen molar-refractivity contribution in [3.05, 3.63) is 116 Å². The van der Waals surface area contributed by atoms with E-state index in [9.17, 15) is 46.6 Å². The van der Waals surface area contributed by atoms with E-state index in [0.29, 0.717) is 12.1 Å². The molecule has 0 amide bonds. The van der Waals surface area contributed by atoms with Crippen molar-refractivity contribution in [3.8, 4) is 34.1 Å². The minimum atomic E-state index is -5.08. The molecule has 4 aromatic rings. The molecule has 4 rings (SSSR count). The third kappa shape index (κ3) is 6.28. The van der Waals surface area contributed by atoms with Gasteiger partial charge in [-0.05, 0) is 59.7 Å². The first-order valence-corrected chi connectivity index (χ1v) is 11.0. The molecule has 40 heavy (non-hydrogen) atoms. The average molecular weight is 564 g/mol. The minimum Gasteiger partial charge on any atom is -0.457 e. The lowest BCUT2D eigenvalue weighted by molar-refractivity contribution is -0.385. The summed E-state index contributed by atoms with van der Waals surface area (Å²) >= 11 is 0. The summed E-state index contributed by atoms with van der Waals surface area (Å²) < 4.78 is 94.6. The Morgan fingerprint density at radius 1 is 0.500 bits per heavy atom. The fraction of sp³-hybridized carbons (Fsp3) is 0.0769. The molecule has 0 saturated carbocycles. The second-order valence-corrected chi connectivity index (χ2v) is 8.12. The van der Waals surface area contributed by atoms with Crippen molar-refractivity contribution in [1.82, 2.24) is 0 Å². The van der Waals surface area contributed by atoms with Gasteiger partial charge in [-0.15, -0.1) is 0 Å². The second-order valence-electron chi connectivity index (χ2n) is 8.12. The van der Waals surface area contributed by atoms with Crippen molar-refractivity contribution in [3.63, 3.8) is 0 Å². The number of nitro groups is 2. The SMILES string of the molecule is O=[N+]([O-])c1ccc(Oc2ccc(-c3ccc(Oc4ccc([N+](=O)[O-])cc4)cc3C(F)(F)F)c(C(F)(F)F)c2)cc1. The van der Waals surface area contributed by atoms with Gasteiger partial charge in [-0.1, -0.05) is 12.1 Å². The quantitative estimate of drug-likeness (QED) is 0.126. The molecule has 0 aliphatic heterocycles. The van der Waals surface area contributed by atoms with Gasteiger partial charge >= 0.3 is 12.4 Å². The van der Waals surface area contributed by atoms with E-state index in [0.717, 1.165) is 72.8 Å². The zero-order valence-corrected chi connectivity index (χ0v) is 19.7. The lowest BCUT2D eigenvalue weighted by atomic mass is 9.94. The van der Waals surface area contributed by atoms with Crippen LogP contribution in [0.5, 0.6) is 23.0 Å². The maximum Gasteiger partial charge on any atom is 0.417 e. The van der Waals surface area contributed by atoms with Crippen LogP contribution in [0.3, 0.4) is 0 Å². The normalized spacial score (nSPS) is 11.7. The van der Waals surface area contributed by atoms with Crippen LogP contribution in [0.4, 0.5) is 37.7 Å². The van der Waals surface area contributed by atoms with Gasteiger partial charge in [0.05, 0.1) is 21.0 Å². The minimum absolute atomic E-state index is 0.0322. The molecule has 0 N–H and O–H groups in total. The zero-order chi connectivity index (χ0) is 29.2. The van der Waals surface area contributed by atoms with Crippen LogP contribution < -0.4 is 9.47 Å². The molecule has 14 heteroatoms. The molecule has 0 spiro atoms. The molecule has 0 aromatic heterocycles. The Balaban J connectivity index is 1.72. The number of nitrogens with zero attached hydrogens (tertiary/aromatic N) is 2. The molecule has 0 radical (unpaired) electrons. The summed E-state index contributed by atoms with van der Waals surface area (Å²) in [6.45, 7) is 0. The summed E-state index contributed by atoms with van der Waals surface area (Å²) in [5.74, 6) is -0.793. The van der Waals surface area contributed by atoms with Crippen LogP contribution in [-0.4, -0.2) is 9.85 Å². The van der Waals surface area contributed by atoms with Crippen LogP contribution in [0.2, 0.25) is 0 Å². The van der Waals surface area contributed by atoms with Crippen LogP contribution >= 0.6 is 0 Å². The molecule has 0 atom stereocenters. The first-order valence-electron chi connectivity index (χ1n) is 11.0. The van der Waals surface area contributed by atoms with Crippen LogP contribution in [0, 0.1) is 20.2 Å². The van der Waals surface area contributed by atoms with Gasteiger partial charge in [-0.2, -0.15) is 26.3 Å². The number of nitro benzene ring substituents is 2. The van der Waals surface area contributed by atoms with Crippen LogP contribution in [-0.2, 0) is 12.4 Å². The molecule has 0 unspecified atom stereocenters. The molecule has 0 aliphatic carbocycles. The zero-order valence-electron chi connectivity index (χ0n) is 19.7. The molecular formula is C26H14F6N2O6. The standard InChI is InChI=1S/C26H14F6N2O6/c27-25(28,29)23-13-19(39-17-5-1-15(2-6-17)33(35)36)9-11-21(23)22-12-10-20(14-24(22)26(30,31)32)40-18-7-3-16(4-8-18)34(37)38/h1-14H. The summed E-state index contributed by atoms with van der Waals surface area (Å²) in [6.07, 6.45) is -10.2. The fourth-order valence-corrected chi connectivity index (χ4v) is 3.66. The lowest BCUT2D eigenvalue weighted by Crippen LogP contribution is -2.11. The molecule has 0 aliphatic rings. The largest absolute Gasteiger partial charge is 0.457 e. The van der Waals surface area contributed by atoms with E-state index in [1.54, 1.807) is 0 Å². The fourth-order valence-electron chi connectivity index (χ4n) is 3.66. The number of rotatable bonds is 7. The Bertz CT molecular complexity index is 1450. The van der Waals surface area contributed by atoms with Gasteiger partial charge in [-0.3, -0.25) is 20.2 Å². The Hall–Kier alpha value is -5.14. The third-order valence-electron chi connectivity index (χ3n) is 5.45. The summed E-state index contributed by atoms with van der Waals surface area (Å²) in [7, 11) is 0. The molecule has 0 bridgehead atoms. The Morgan fingerprint density at radius 2 is 0.800 bits per heavy atom. The van der Waals surface area contributed by atoms with Crippen molar-refractivity contribution in [2.75, 3.05) is 0 Å². The van der Waals surface area contributed by atoms with Crippen molar-refractivity contribution >= 4 is 11.4 Å². The van der Waals surface area contributed by atoms with E-state index in [1.807, 2.05) is 0 Å². The summed E-state index contributed by atoms with van der Waals surface area (Å²) in [5.41, 5.74) is -4.95. The predicted molar refractivity (Wildman–Crippen MR) is 128 cm³/mol. The molecular weight excluding hydrogens is 550 g/mol. The Kier molecular flexibility index (Phi) is 7.36. The topological polar surface area (TPSA) is 105 Å². The molecule has 4 aromatic carbocycles. The molecule has 0 fully saturated rings. The van der Waals surface area contributed by atoms with Crippen molar-refractivity contribution < 1.29 is 45.7 Å². The second kappa shape index (κ2) is 10.6. The highest BCUT2D eigenvalue weighted by molar-refractivity contribution is 5.74. The summed E-state index contributed by atoms with van der Waals surface area (Å²) in [5, 5.41) is 21.5. The average Bonchev–Trinajstić information content (AvgIpc) is 2.88. The van der Waals surface area contributed by atoms with Crippen molar-refractivity contribution in [2.24, 2.45) is 0 Å². The maximum absolute atomic E-state index is 14.0. The van der Waals surface area contributed by atoms with E-state index in [2.05, 4.69) is 0 Å². The maximum atomic E-state index is 14.0. The van der Waals surface area contributed by atoms with Gasteiger partial charge in [0.2, 0.25) is 0 Å². The smallest absolute Gasteiger partial charge is 0.417 e. The number of ether oxygens (including phenoxy) is 2. The number of halogens is 6. The van der Waals surface area contributed by atoms with Crippen LogP contribution in [0.15, 0.2) is 84.9 Å². The number of hydrogen-bond donors (Lipinski definition) is 0. The van der Waals surface area contributed by atoms with Crippen molar-refractivity contribution in [2.45, 2.75) is 12.4 Å². The van der Waals surface area contributed by atoms with Gasteiger partial charge in [0, 0.05) is 24.3 Å². The van der Waals surface area contributed by atoms with Crippen molar-refractivity contribution in [1.29, 1.82) is 0 Å². The van der Waals surface area contributed by atoms with Crippen LogP contribution in [0.1, 0.15) is 11.1 Å². The van der Waals surface area contributed by atoms with Gasteiger partial charge in [-0.25, -0.2) is 0 Å². The highest BCUT2D eigenvalue weighted by Crippen LogP contribution is 2.45. The van der Waals surface area contributed by atoms with Gasteiger partial charge in [0.15, 0.2) is 0 Å².